The highest BCUT2D eigenvalue weighted by molar-refractivity contribution is 6.17. The molecular weight excluding hydrogens is 320 g/mol. The highest BCUT2D eigenvalue weighted by Crippen LogP contribution is 2.38. The Morgan fingerprint density at radius 3 is 2.23 bits per heavy atom. The molecule has 0 aliphatic carbocycles. The SMILES string of the molecule is CCOC(=O)c1ccc2c(-c3ccccc3)c(C)c3ccccc3c2c1. The van der Waals surface area contributed by atoms with Gasteiger partial charge in [-0.1, -0.05) is 60.7 Å². The summed E-state index contributed by atoms with van der Waals surface area (Å²) in [5.41, 5.74) is 4.25. The van der Waals surface area contributed by atoms with Crippen LogP contribution in [0.15, 0.2) is 72.8 Å². The molecule has 0 aliphatic heterocycles. The van der Waals surface area contributed by atoms with Crippen molar-refractivity contribution in [2.24, 2.45) is 0 Å². The van der Waals surface area contributed by atoms with Gasteiger partial charge >= 0.3 is 5.97 Å². The van der Waals surface area contributed by atoms with Crippen molar-refractivity contribution in [1.29, 1.82) is 0 Å². The van der Waals surface area contributed by atoms with Crippen LogP contribution in [0.25, 0.3) is 32.7 Å². The minimum atomic E-state index is -0.277. The van der Waals surface area contributed by atoms with Crippen LogP contribution in [0.4, 0.5) is 0 Å². The van der Waals surface area contributed by atoms with E-state index in [1.54, 1.807) is 0 Å². The second-order valence-corrected chi connectivity index (χ2v) is 6.39. The molecule has 0 aromatic heterocycles. The minimum absolute atomic E-state index is 0.277. The van der Waals surface area contributed by atoms with Crippen molar-refractivity contribution in [2.75, 3.05) is 6.61 Å². The van der Waals surface area contributed by atoms with Crippen molar-refractivity contribution in [3.63, 3.8) is 0 Å². The largest absolute Gasteiger partial charge is 0.462 e. The minimum Gasteiger partial charge on any atom is -0.462 e. The topological polar surface area (TPSA) is 26.3 Å². The molecule has 2 nitrogen and oxygen atoms in total. The molecule has 0 aliphatic rings. The number of hydrogen-bond acceptors (Lipinski definition) is 2. The number of hydrogen-bond donors (Lipinski definition) is 0. The van der Waals surface area contributed by atoms with E-state index in [1.807, 2.05) is 37.3 Å². The molecule has 4 aromatic carbocycles. The fraction of sp³-hybridized carbons (Fsp3) is 0.125. The van der Waals surface area contributed by atoms with Gasteiger partial charge in [0.1, 0.15) is 0 Å². The summed E-state index contributed by atoms with van der Waals surface area (Å²) in [4.78, 5) is 12.2. The number of benzene rings is 4. The van der Waals surface area contributed by atoms with Gasteiger partial charge in [-0.3, -0.25) is 0 Å². The summed E-state index contributed by atoms with van der Waals surface area (Å²) < 4.78 is 5.19. The lowest BCUT2D eigenvalue weighted by Crippen LogP contribution is -2.04. The van der Waals surface area contributed by atoms with Gasteiger partial charge in [0.05, 0.1) is 12.2 Å². The molecule has 0 spiro atoms. The molecular formula is C24H20O2. The highest BCUT2D eigenvalue weighted by Gasteiger charge is 2.15. The second-order valence-electron chi connectivity index (χ2n) is 6.39. The van der Waals surface area contributed by atoms with Gasteiger partial charge < -0.3 is 4.74 Å². The van der Waals surface area contributed by atoms with E-state index in [9.17, 15) is 4.79 Å². The summed E-state index contributed by atoms with van der Waals surface area (Å²) in [5, 5.41) is 4.60. The zero-order valence-electron chi connectivity index (χ0n) is 15.0. The molecule has 0 saturated heterocycles. The summed E-state index contributed by atoms with van der Waals surface area (Å²) in [6, 6.07) is 24.7. The molecule has 2 heteroatoms. The van der Waals surface area contributed by atoms with Crippen molar-refractivity contribution >= 4 is 27.5 Å². The fourth-order valence-electron chi connectivity index (χ4n) is 3.68. The smallest absolute Gasteiger partial charge is 0.338 e. The van der Waals surface area contributed by atoms with Crippen LogP contribution < -0.4 is 0 Å². The Kier molecular flexibility index (Phi) is 4.18. The highest BCUT2D eigenvalue weighted by atomic mass is 16.5. The predicted molar refractivity (Wildman–Crippen MR) is 108 cm³/mol. The van der Waals surface area contributed by atoms with Crippen LogP contribution in [-0.4, -0.2) is 12.6 Å². The Bertz CT molecular complexity index is 1110. The van der Waals surface area contributed by atoms with Crippen molar-refractivity contribution in [2.45, 2.75) is 13.8 Å². The Morgan fingerprint density at radius 1 is 0.808 bits per heavy atom. The first-order valence-electron chi connectivity index (χ1n) is 8.88. The predicted octanol–water partition coefficient (Wildman–Crippen LogP) is 6.15. The molecule has 128 valence electrons. The summed E-state index contributed by atoms with van der Waals surface area (Å²) in [7, 11) is 0. The molecule has 0 saturated carbocycles. The molecule has 0 radical (unpaired) electrons. The van der Waals surface area contributed by atoms with Crippen molar-refractivity contribution < 1.29 is 9.53 Å². The zero-order chi connectivity index (χ0) is 18.1. The molecule has 0 N–H and O–H groups in total. The van der Waals surface area contributed by atoms with Gasteiger partial charge in [0.15, 0.2) is 0 Å². The number of rotatable bonds is 3. The maximum Gasteiger partial charge on any atom is 0.338 e. The Hall–Kier alpha value is -3.13. The van der Waals surface area contributed by atoms with Crippen LogP contribution in [-0.2, 0) is 4.74 Å². The van der Waals surface area contributed by atoms with Crippen LogP contribution in [0.1, 0.15) is 22.8 Å². The van der Waals surface area contributed by atoms with Crippen LogP contribution in [0.5, 0.6) is 0 Å². The number of aryl methyl sites for hydroxylation is 1. The molecule has 0 bridgehead atoms. The lowest BCUT2D eigenvalue weighted by atomic mass is 9.88. The number of carbonyl (C=O) groups is 1. The first-order valence-corrected chi connectivity index (χ1v) is 8.88. The van der Waals surface area contributed by atoms with E-state index in [-0.39, 0.29) is 5.97 Å². The van der Waals surface area contributed by atoms with Gasteiger partial charge in [0.2, 0.25) is 0 Å². The summed E-state index contributed by atoms with van der Waals surface area (Å²) >= 11 is 0. The van der Waals surface area contributed by atoms with Gasteiger partial charge in [-0.2, -0.15) is 0 Å². The van der Waals surface area contributed by atoms with Gasteiger partial charge in [-0.05, 0) is 64.2 Å². The average Bonchev–Trinajstić information content (AvgIpc) is 2.69. The van der Waals surface area contributed by atoms with Crippen molar-refractivity contribution in [1.82, 2.24) is 0 Å². The third kappa shape index (κ3) is 2.64. The van der Waals surface area contributed by atoms with Crippen LogP contribution in [0.2, 0.25) is 0 Å². The Labute approximate surface area is 153 Å². The Morgan fingerprint density at radius 2 is 1.50 bits per heavy atom. The first-order chi connectivity index (χ1) is 12.7. The van der Waals surface area contributed by atoms with E-state index in [0.29, 0.717) is 12.2 Å². The normalized spacial score (nSPS) is 11.0. The second kappa shape index (κ2) is 6.64. The fourth-order valence-corrected chi connectivity index (χ4v) is 3.68. The quantitative estimate of drug-likeness (QED) is 0.330. The van der Waals surface area contributed by atoms with E-state index >= 15 is 0 Å². The number of ether oxygens (including phenoxy) is 1. The molecule has 0 atom stereocenters. The summed E-state index contributed by atoms with van der Waals surface area (Å²) in [5.74, 6) is -0.277. The number of carbonyl (C=O) groups excluding carboxylic acids is 1. The molecule has 0 fully saturated rings. The van der Waals surface area contributed by atoms with Crippen molar-refractivity contribution in [3.8, 4) is 11.1 Å². The van der Waals surface area contributed by atoms with E-state index in [4.69, 9.17) is 4.74 Å². The lowest BCUT2D eigenvalue weighted by Gasteiger charge is -2.16. The lowest BCUT2D eigenvalue weighted by molar-refractivity contribution is 0.0526. The van der Waals surface area contributed by atoms with Crippen LogP contribution >= 0.6 is 0 Å². The van der Waals surface area contributed by atoms with Gasteiger partial charge in [0.25, 0.3) is 0 Å². The molecule has 0 unspecified atom stereocenters. The van der Waals surface area contributed by atoms with Gasteiger partial charge in [-0.15, -0.1) is 0 Å². The zero-order valence-corrected chi connectivity index (χ0v) is 15.0. The van der Waals surface area contributed by atoms with Gasteiger partial charge in [-0.25, -0.2) is 4.79 Å². The van der Waals surface area contributed by atoms with E-state index < -0.39 is 0 Å². The number of esters is 1. The van der Waals surface area contributed by atoms with Gasteiger partial charge in [0, 0.05) is 0 Å². The van der Waals surface area contributed by atoms with Crippen LogP contribution in [0.3, 0.4) is 0 Å². The van der Waals surface area contributed by atoms with Crippen molar-refractivity contribution in [3.05, 3.63) is 83.9 Å². The van der Waals surface area contributed by atoms with E-state index in [0.717, 1.165) is 16.2 Å². The monoisotopic (exact) mass is 340 g/mol. The first kappa shape index (κ1) is 16.3. The summed E-state index contributed by atoms with van der Waals surface area (Å²) in [6.45, 7) is 4.37. The molecule has 0 amide bonds. The van der Waals surface area contributed by atoms with E-state index in [1.165, 1.54) is 22.1 Å². The Balaban J connectivity index is 2.10. The average molecular weight is 340 g/mol. The molecule has 4 rings (SSSR count). The third-order valence-corrected chi connectivity index (χ3v) is 4.86. The maximum absolute atomic E-state index is 12.2. The molecule has 4 aromatic rings. The standard InChI is InChI=1S/C24H20O2/c1-3-26-24(25)18-13-14-21-22(15-18)20-12-8-7-11-19(20)16(2)23(21)17-9-5-4-6-10-17/h4-15H,3H2,1-2H3. The number of fused-ring (bicyclic) bond motifs is 3. The maximum atomic E-state index is 12.2. The third-order valence-electron chi connectivity index (χ3n) is 4.86. The van der Waals surface area contributed by atoms with Crippen LogP contribution in [0, 0.1) is 6.92 Å². The van der Waals surface area contributed by atoms with E-state index in [2.05, 4.69) is 49.4 Å². The molecule has 26 heavy (non-hydrogen) atoms. The summed E-state index contributed by atoms with van der Waals surface area (Å²) in [6.07, 6.45) is 0. The molecule has 0 heterocycles.